The summed E-state index contributed by atoms with van der Waals surface area (Å²) < 4.78 is 24.6. The summed E-state index contributed by atoms with van der Waals surface area (Å²) in [5, 5.41) is 0. The second kappa shape index (κ2) is 5.27. The lowest BCUT2D eigenvalue weighted by Gasteiger charge is -2.19. The van der Waals surface area contributed by atoms with Crippen LogP contribution in [0.1, 0.15) is 15.9 Å². The number of carbonyl (C=O) groups is 1. The Bertz CT molecular complexity index is 612. The van der Waals surface area contributed by atoms with Crippen molar-refractivity contribution in [3.05, 3.63) is 71.3 Å². The Hall–Kier alpha value is -1.45. The van der Waals surface area contributed by atoms with Crippen molar-refractivity contribution in [3.63, 3.8) is 0 Å². The minimum atomic E-state index is -2.17. The van der Waals surface area contributed by atoms with Gasteiger partial charge in [-0.2, -0.15) is 0 Å². The number of halogens is 4. The average Bonchev–Trinajstić information content (AvgIpc) is 2.41. The maximum absolute atomic E-state index is 13.7. The fourth-order valence-corrected chi connectivity index (χ4v) is 2.14. The van der Waals surface area contributed by atoms with E-state index >= 15 is 0 Å². The number of hydrogen-bond donors (Lipinski definition) is 0. The van der Waals surface area contributed by atoms with Crippen LogP contribution in [0.5, 0.6) is 0 Å². The maximum Gasteiger partial charge on any atom is 0.208 e. The van der Waals surface area contributed by atoms with Gasteiger partial charge < -0.3 is 0 Å². The summed E-state index contributed by atoms with van der Waals surface area (Å²) in [6.45, 7) is 0. The zero-order valence-electron chi connectivity index (χ0n) is 9.54. The zero-order chi connectivity index (χ0) is 14.0. The van der Waals surface area contributed by atoms with E-state index in [0.717, 1.165) is 18.2 Å². The standard InChI is InChI=1S/C14H8Cl2F2O/c15-14(16,11-8-10(17)6-7-12(11)18)13(19)9-4-2-1-3-5-9/h1-8H. The van der Waals surface area contributed by atoms with E-state index in [1.165, 1.54) is 12.1 Å². The molecule has 0 aliphatic rings. The van der Waals surface area contributed by atoms with Crippen molar-refractivity contribution in [1.82, 2.24) is 0 Å². The van der Waals surface area contributed by atoms with Gasteiger partial charge in [0.1, 0.15) is 11.6 Å². The summed E-state index contributed by atoms with van der Waals surface area (Å²) >= 11 is 11.9. The summed E-state index contributed by atoms with van der Waals surface area (Å²) in [4.78, 5) is 12.2. The highest BCUT2D eigenvalue weighted by Crippen LogP contribution is 2.38. The molecule has 0 unspecified atom stereocenters. The fourth-order valence-electron chi connectivity index (χ4n) is 1.63. The van der Waals surface area contributed by atoms with Gasteiger partial charge in [-0.15, -0.1) is 0 Å². The highest BCUT2D eigenvalue weighted by atomic mass is 35.5. The summed E-state index contributed by atoms with van der Waals surface area (Å²) in [5.74, 6) is -2.26. The molecular weight excluding hydrogens is 293 g/mol. The second-order valence-corrected chi connectivity index (χ2v) is 5.22. The highest BCUT2D eigenvalue weighted by molar-refractivity contribution is 6.59. The monoisotopic (exact) mass is 300 g/mol. The van der Waals surface area contributed by atoms with Crippen molar-refractivity contribution in [3.8, 4) is 0 Å². The van der Waals surface area contributed by atoms with Gasteiger partial charge in [-0.3, -0.25) is 4.79 Å². The molecule has 19 heavy (non-hydrogen) atoms. The number of Topliss-reactive ketones (excluding diaryl/α,β-unsaturated/α-hetero) is 1. The first-order valence-electron chi connectivity index (χ1n) is 5.36. The molecule has 0 radical (unpaired) electrons. The lowest BCUT2D eigenvalue weighted by molar-refractivity contribution is 0.0970. The van der Waals surface area contributed by atoms with Crippen molar-refractivity contribution >= 4 is 29.0 Å². The Kier molecular flexibility index (Phi) is 3.88. The first-order valence-corrected chi connectivity index (χ1v) is 6.11. The van der Waals surface area contributed by atoms with Crippen LogP contribution in [0, 0.1) is 11.6 Å². The predicted molar refractivity (Wildman–Crippen MR) is 70.5 cm³/mol. The minimum Gasteiger partial charge on any atom is -0.290 e. The third-order valence-electron chi connectivity index (χ3n) is 2.59. The molecule has 0 spiro atoms. The van der Waals surface area contributed by atoms with Crippen LogP contribution in [0.4, 0.5) is 8.78 Å². The third-order valence-corrected chi connectivity index (χ3v) is 3.34. The average molecular weight is 301 g/mol. The van der Waals surface area contributed by atoms with E-state index in [4.69, 9.17) is 23.2 Å². The Labute approximate surface area is 118 Å². The lowest BCUT2D eigenvalue weighted by Crippen LogP contribution is -2.25. The molecule has 2 rings (SSSR count). The summed E-state index contributed by atoms with van der Waals surface area (Å²) in [5.41, 5.74) is -0.180. The first-order chi connectivity index (χ1) is 8.93. The summed E-state index contributed by atoms with van der Waals surface area (Å²) in [7, 11) is 0. The molecular formula is C14H8Cl2F2O. The maximum atomic E-state index is 13.7. The van der Waals surface area contributed by atoms with Crippen LogP contribution in [0.3, 0.4) is 0 Å². The zero-order valence-corrected chi connectivity index (χ0v) is 11.1. The van der Waals surface area contributed by atoms with Crippen LogP contribution in [0.2, 0.25) is 0 Å². The fraction of sp³-hybridized carbons (Fsp3) is 0.0714. The Morgan fingerprint density at radius 3 is 2.26 bits per heavy atom. The van der Waals surface area contributed by atoms with Gasteiger partial charge in [0.25, 0.3) is 0 Å². The highest BCUT2D eigenvalue weighted by Gasteiger charge is 2.39. The molecule has 5 heteroatoms. The molecule has 2 aromatic rings. The molecule has 0 atom stereocenters. The first kappa shape index (κ1) is 14.0. The molecule has 0 N–H and O–H groups in total. The van der Waals surface area contributed by atoms with E-state index in [1.54, 1.807) is 18.2 Å². The molecule has 1 nitrogen and oxygen atoms in total. The van der Waals surface area contributed by atoms with Crippen LogP contribution in [0.25, 0.3) is 0 Å². The van der Waals surface area contributed by atoms with Crippen molar-refractivity contribution < 1.29 is 13.6 Å². The van der Waals surface area contributed by atoms with Gasteiger partial charge in [-0.1, -0.05) is 53.5 Å². The van der Waals surface area contributed by atoms with Crippen LogP contribution < -0.4 is 0 Å². The van der Waals surface area contributed by atoms with Gasteiger partial charge in [-0.05, 0) is 18.2 Å². The summed E-state index contributed by atoms with van der Waals surface area (Å²) in [6, 6.07) is 10.6. The lowest BCUT2D eigenvalue weighted by atomic mass is 10.0. The SMILES string of the molecule is O=C(c1ccccc1)C(Cl)(Cl)c1cc(F)ccc1F. The Balaban J connectivity index is 2.47. The smallest absolute Gasteiger partial charge is 0.208 e. The molecule has 0 fully saturated rings. The predicted octanol–water partition coefficient (Wildman–Crippen LogP) is 4.48. The Morgan fingerprint density at radius 1 is 1.00 bits per heavy atom. The molecule has 0 amide bonds. The van der Waals surface area contributed by atoms with Crippen LogP contribution in [0.15, 0.2) is 48.5 Å². The number of ketones is 1. The van der Waals surface area contributed by atoms with Gasteiger partial charge in [0.05, 0.1) is 0 Å². The third kappa shape index (κ3) is 2.77. The van der Waals surface area contributed by atoms with Crippen molar-refractivity contribution in [1.29, 1.82) is 0 Å². The summed E-state index contributed by atoms with van der Waals surface area (Å²) in [6.07, 6.45) is 0. The number of carbonyl (C=O) groups excluding carboxylic acids is 1. The number of rotatable bonds is 3. The molecule has 0 aliphatic carbocycles. The van der Waals surface area contributed by atoms with Gasteiger partial charge in [0.2, 0.25) is 10.1 Å². The van der Waals surface area contributed by atoms with E-state index < -0.39 is 27.3 Å². The number of hydrogen-bond acceptors (Lipinski definition) is 1. The number of alkyl halides is 2. The second-order valence-electron chi connectivity index (χ2n) is 3.89. The van der Waals surface area contributed by atoms with E-state index in [1.807, 2.05) is 0 Å². The van der Waals surface area contributed by atoms with E-state index in [-0.39, 0.29) is 5.56 Å². The van der Waals surface area contributed by atoms with Crippen LogP contribution in [-0.4, -0.2) is 5.78 Å². The van der Waals surface area contributed by atoms with E-state index in [0.29, 0.717) is 0 Å². The van der Waals surface area contributed by atoms with Crippen molar-refractivity contribution in [2.24, 2.45) is 0 Å². The Morgan fingerprint density at radius 2 is 1.63 bits per heavy atom. The van der Waals surface area contributed by atoms with Gasteiger partial charge in [0.15, 0.2) is 0 Å². The van der Waals surface area contributed by atoms with Gasteiger partial charge >= 0.3 is 0 Å². The minimum absolute atomic E-state index is 0.219. The van der Waals surface area contributed by atoms with Gasteiger partial charge in [-0.25, -0.2) is 8.78 Å². The molecule has 0 saturated carbocycles. The quantitative estimate of drug-likeness (QED) is 0.603. The molecule has 98 valence electrons. The van der Waals surface area contributed by atoms with E-state index in [2.05, 4.69) is 0 Å². The molecule has 0 saturated heterocycles. The van der Waals surface area contributed by atoms with Crippen LogP contribution in [-0.2, 0) is 4.33 Å². The molecule has 0 aromatic heterocycles. The molecule has 0 bridgehead atoms. The van der Waals surface area contributed by atoms with Crippen molar-refractivity contribution in [2.45, 2.75) is 4.33 Å². The van der Waals surface area contributed by atoms with Gasteiger partial charge in [0, 0.05) is 11.1 Å². The normalized spacial score (nSPS) is 11.4. The van der Waals surface area contributed by atoms with E-state index in [9.17, 15) is 13.6 Å². The van der Waals surface area contributed by atoms with Crippen molar-refractivity contribution in [2.75, 3.05) is 0 Å². The molecule has 0 heterocycles. The molecule has 2 aromatic carbocycles. The molecule has 0 aliphatic heterocycles. The topological polar surface area (TPSA) is 17.1 Å². The number of benzene rings is 2. The largest absolute Gasteiger partial charge is 0.290 e. The van der Waals surface area contributed by atoms with Crippen LogP contribution >= 0.6 is 23.2 Å².